The van der Waals surface area contributed by atoms with Crippen molar-refractivity contribution in [3.05, 3.63) is 35.9 Å². The molecular weight excluding hydrogens is 258 g/mol. The van der Waals surface area contributed by atoms with Crippen molar-refractivity contribution in [1.82, 2.24) is 5.32 Å². The quantitative estimate of drug-likeness (QED) is 0.867. The first-order valence-corrected chi connectivity index (χ1v) is 6.82. The van der Waals surface area contributed by atoms with Crippen molar-refractivity contribution in [1.29, 1.82) is 0 Å². The molecule has 20 heavy (non-hydrogen) atoms. The van der Waals surface area contributed by atoms with Crippen LogP contribution in [0.4, 0.5) is 4.79 Å². The third-order valence-electron chi connectivity index (χ3n) is 3.54. The van der Waals surface area contributed by atoms with Crippen LogP contribution in [0.1, 0.15) is 31.2 Å². The molecule has 0 bridgehead atoms. The minimum absolute atomic E-state index is 0.0302. The standard InChI is InChI=1S/C15H19NO4/c17-14(18)9-12-6-7-13(8-12)16-15(19)20-10-11-4-2-1-3-5-11/h1-5,12-13H,6-10H2,(H,16,19)(H,17,18). The van der Waals surface area contributed by atoms with Crippen molar-refractivity contribution in [3.8, 4) is 0 Å². The number of ether oxygens (including phenoxy) is 1. The lowest BCUT2D eigenvalue weighted by atomic mass is 10.0. The second-order valence-electron chi connectivity index (χ2n) is 5.18. The predicted octanol–water partition coefficient (Wildman–Crippen LogP) is 2.56. The molecule has 2 rings (SSSR count). The van der Waals surface area contributed by atoms with E-state index in [1.165, 1.54) is 0 Å². The van der Waals surface area contributed by atoms with Gasteiger partial charge in [0.1, 0.15) is 6.61 Å². The van der Waals surface area contributed by atoms with Crippen LogP contribution in [-0.4, -0.2) is 23.2 Å². The van der Waals surface area contributed by atoms with E-state index in [1.807, 2.05) is 30.3 Å². The van der Waals surface area contributed by atoms with Crippen molar-refractivity contribution in [2.24, 2.45) is 5.92 Å². The van der Waals surface area contributed by atoms with Gasteiger partial charge in [-0.2, -0.15) is 0 Å². The zero-order valence-electron chi connectivity index (χ0n) is 11.2. The zero-order chi connectivity index (χ0) is 14.4. The highest BCUT2D eigenvalue weighted by atomic mass is 16.5. The van der Waals surface area contributed by atoms with Gasteiger partial charge in [-0.15, -0.1) is 0 Å². The van der Waals surface area contributed by atoms with Crippen LogP contribution in [0.2, 0.25) is 0 Å². The van der Waals surface area contributed by atoms with E-state index in [0.29, 0.717) is 6.42 Å². The first-order chi connectivity index (χ1) is 9.63. The second-order valence-corrected chi connectivity index (χ2v) is 5.18. The Hall–Kier alpha value is -2.04. The molecule has 2 unspecified atom stereocenters. The summed E-state index contributed by atoms with van der Waals surface area (Å²) in [5, 5.41) is 11.5. The minimum Gasteiger partial charge on any atom is -0.481 e. The van der Waals surface area contributed by atoms with Crippen molar-refractivity contribution >= 4 is 12.1 Å². The number of hydrogen-bond donors (Lipinski definition) is 2. The third kappa shape index (κ3) is 4.57. The van der Waals surface area contributed by atoms with Crippen molar-refractivity contribution in [3.63, 3.8) is 0 Å². The van der Waals surface area contributed by atoms with E-state index < -0.39 is 12.1 Å². The molecule has 1 saturated carbocycles. The highest BCUT2D eigenvalue weighted by Crippen LogP contribution is 2.28. The summed E-state index contributed by atoms with van der Waals surface area (Å²) in [6.45, 7) is 0.248. The largest absolute Gasteiger partial charge is 0.481 e. The lowest BCUT2D eigenvalue weighted by Gasteiger charge is -2.13. The number of carbonyl (C=O) groups excluding carboxylic acids is 1. The number of rotatable bonds is 5. The molecule has 0 radical (unpaired) electrons. The van der Waals surface area contributed by atoms with Gasteiger partial charge in [-0.05, 0) is 30.7 Å². The molecular formula is C15H19NO4. The average Bonchev–Trinajstić information content (AvgIpc) is 2.84. The molecule has 1 aliphatic carbocycles. The summed E-state index contributed by atoms with van der Waals surface area (Å²) in [5.74, 6) is -0.616. The van der Waals surface area contributed by atoms with E-state index in [4.69, 9.17) is 9.84 Å². The van der Waals surface area contributed by atoms with Crippen LogP contribution in [0.3, 0.4) is 0 Å². The summed E-state index contributed by atoms with van der Waals surface area (Å²) >= 11 is 0. The molecule has 1 fully saturated rings. The maximum Gasteiger partial charge on any atom is 0.407 e. The number of amides is 1. The van der Waals surface area contributed by atoms with Crippen molar-refractivity contribution < 1.29 is 19.4 Å². The summed E-state index contributed by atoms with van der Waals surface area (Å²) in [6.07, 6.45) is 2.12. The summed E-state index contributed by atoms with van der Waals surface area (Å²) in [6, 6.07) is 9.51. The van der Waals surface area contributed by atoms with Crippen LogP contribution in [0, 0.1) is 5.92 Å². The SMILES string of the molecule is O=C(O)CC1CCC(NC(=O)OCc2ccccc2)C1. The molecule has 0 aliphatic heterocycles. The Labute approximate surface area is 117 Å². The minimum atomic E-state index is -0.776. The van der Waals surface area contributed by atoms with E-state index >= 15 is 0 Å². The fourth-order valence-corrected chi connectivity index (χ4v) is 2.57. The maximum atomic E-state index is 11.7. The Bertz CT molecular complexity index is 460. The second kappa shape index (κ2) is 6.93. The highest BCUT2D eigenvalue weighted by molar-refractivity contribution is 5.68. The summed E-state index contributed by atoms with van der Waals surface area (Å²) in [5.41, 5.74) is 0.942. The molecule has 108 valence electrons. The van der Waals surface area contributed by atoms with Crippen LogP contribution < -0.4 is 5.32 Å². The van der Waals surface area contributed by atoms with E-state index in [0.717, 1.165) is 18.4 Å². The van der Waals surface area contributed by atoms with Gasteiger partial charge in [0.2, 0.25) is 0 Å². The summed E-state index contributed by atoms with van der Waals surface area (Å²) in [4.78, 5) is 22.3. The van der Waals surface area contributed by atoms with Gasteiger partial charge in [0.15, 0.2) is 0 Å². The smallest absolute Gasteiger partial charge is 0.407 e. The number of aliphatic carboxylic acids is 1. The molecule has 1 amide bonds. The molecule has 5 nitrogen and oxygen atoms in total. The van der Waals surface area contributed by atoms with Gasteiger partial charge in [-0.25, -0.2) is 4.79 Å². The Morgan fingerprint density at radius 3 is 2.70 bits per heavy atom. The van der Waals surface area contributed by atoms with Crippen LogP contribution in [0.25, 0.3) is 0 Å². The Balaban J connectivity index is 1.69. The Kier molecular flexibility index (Phi) is 4.98. The maximum absolute atomic E-state index is 11.7. The Morgan fingerprint density at radius 1 is 1.25 bits per heavy atom. The summed E-state index contributed by atoms with van der Waals surface area (Å²) in [7, 11) is 0. The first-order valence-electron chi connectivity index (χ1n) is 6.82. The summed E-state index contributed by atoms with van der Waals surface area (Å²) < 4.78 is 5.14. The molecule has 0 aromatic heterocycles. The number of carboxylic acids is 1. The molecule has 5 heteroatoms. The van der Waals surface area contributed by atoms with E-state index in [-0.39, 0.29) is 25.0 Å². The fourth-order valence-electron chi connectivity index (χ4n) is 2.57. The molecule has 2 N–H and O–H groups in total. The third-order valence-corrected chi connectivity index (χ3v) is 3.54. The van der Waals surface area contributed by atoms with Crippen molar-refractivity contribution in [2.75, 3.05) is 0 Å². The first kappa shape index (κ1) is 14.4. The van der Waals surface area contributed by atoms with Crippen LogP contribution in [-0.2, 0) is 16.1 Å². The number of carboxylic acid groups (broad SMARTS) is 1. The van der Waals surface area contributed by atoms with E-state index in [9.17, 15) is 9.59 Å². The topological polar surface area (TPSA) is 75.6 Å². The number of nitrogens with one attached hydrogen (secondary N) is 1. The van der Waals surface area contributed by atoms with Gasteiger partial charge in [0.05, 0.1) is 0 Å². The fraction of sp³-hybridized carbons (Fsp3) is 0.467. The predicted molar refractivity (Wildman–Crippen MR) is 73.1 cm³/mol. The van der Waals surface area contributed by atoms with Gasteiger partial charge in [0.25, 0.3) is 0 Å². The molecule has 0 spiro atoms. The molecule has 1 aliphatic rings. The number of carbonyl (C=O) groups is 2. The normalized spacial score (nSPS) is 21.4. The van der Waals surface area contributed by atoms with Crippen LogP contribution in [0.5, 0.6) is 0 Å². The molecule has 1 aromatic carbocycles. The molecule has 2 atom stereocenters. The van der Waals surface area contributed by atoms with Crippen LogP contribution in [0.15, 0.2) is 30.3 Å². The monoisotopic (exact) mass is 277 g/mol. The number of hydrogen-bond acceptors (Lipinski definition) is 3. The van der Waals surface area contributed by atoms with Gasteiger partial charge in [-0.3, -0.25) is 4.79 Å². The van der Waals surface area contributed by atoms with Gasteiger partial charge < -0.3 is 15.2 Å². The zero-order valence-corrected chi connectivity index (χ0v) is 11.2. The lowest BCUT2D eigenvalue weighted by molar-refractivity contribution is -0.138. The highest BCUT2D eigenvalue weighted by Gasteiger charge is 2.27. The number of benzene rings is 1. The van der Waals surface area contributed by atoms with Gasteiger partial charge in [0, 0.05) is 12.5 Å². The van der Waals surface area contributed by atoms with Gasteiger partial charge in [-0.1, -0.05) is 30.3 Å². The van der Waals surface area contributed by atoms with E-state index in [1.54, 1.807) is 0 Å². The molecule has 0 saturated heterocycles. The number of alkyl carbamates (subject to hydrolysis) is 1. The lowest BCUT2D eigenvalue weighted by Crippen LogP contribution is -2.33. The van der Waals surface area contributed by atoms with Gasteiger partial charge >= 0.3 is 12.1 Å². The molecule has 0 heterocycles. The van der Waals surface area contributed by atoms with E-state index in [2.05, 4.69) is 5.32 Å². The van der Waals surface area contributed by atoms with Crippen molar-refractivity contribution in [2.45, 2.75) is 38.3 Å². The van der Waals surface area contributed by atoms with Crippen LogP contribution >= 0.6 is 0 Å². The molecule has 1 aromatic rings. The average molecular weight is 277 g/mol. The Morgan fingerprint density at radius 2 is 2.00 bits per heavy atom.